The van der Waals surface area contributed by atoms with Crippen LogP contribution in [0.3, 0.4) is 0 Å². The lowest BCUT2D eigenvalue weighted by Gasteiger charge is -2.09. The summed E-state index contributed by atoms with van der Waals surface area (Å²) in [5, 5.41) is 4.16. The van der Waals surface area contributed by atoms with E-state index >= 15 is 0 Å². The lowest BCUT2D eigenvalue weighted by atomic mass is 10.1. The molecule has 6 nitrogen and oxygen atoms in total. The second-order valence-electron chi connectivity index (χ2n) is 6.26. The first-order valence-corrected chi connectivity index (χ1v) is 10.4. The van der Waals surface area contributed by atoms with E-state index in [1.54, 1.807) is 18.3 Å². The van der Waals surface area contributed by atoms with Gasteiger partial charge in [-0.1, -0.05) is 45.2 Å². The van der Waals surface area contributed by atoms with Gasteiger partial charge in [0.25, 0.3) is 0 Å². The maximum atomic E-state index is 12.2. The maximum Gasteiger partial charge on any atom is 0.306 e. The minimum atomic E-state index is -0.655. The van der Waals surface area contributed by atoms with Crippen molar-refractivity contribution in [3.8, 4) is 0 Å². The van der Waals surface area contributed by atoms with E-state index in [2.05, 4.69) is 26.2 Å². The molecule has 30 heavy (non-hydrogen) atoms. The molecule has 0 bridgehead atoms. The number of anilines is 1. The van der Waals surface area contributed by atoms with Crippen molar-refractivity contribution < 1.29 is 19.1 Å². The Morgan fingerprint density at radius 3 is 2.60 bits per heavy atom. The number of fused-ring (bicyclic) bond motifs is 1. The lowest BCUT2D eigenvalue weighted by Crippen LogP contribution is -2.17. The number of hydrogen-bond donors (Lipinski definition) is 1. The summed E-state index contributed by atoms with van der Waals surface area (Å²) in [6, 6.07) is 11.6. The average Bonchev–Trinajstić information content (AvgIpc) is 2.74. The zero-order valence-corrected chi connectivity index (χ0v) is 18.6. The van der Waals surface area contributed by atoms with Gasteiger partial charge in [-0.15, -0.1) is 0 Å². The van der Waals surface area contributed by atoms with Crippen LogP contribution in [-0.2, 0) is 14.3 Å². The fourth-order valence-electron chi connectivity index (χ4n) is 2.64. The van der Waals surface area contributed by atoms with Gasteiger partial charge in [0.1, 0.15) is 0 Å². The maximum absolute atomic E-state index is 12.2. The smallest absolute Gasteiger partial charge is 0.306 e. The van der Waals surface area contributed by atoms with Crippen LogP contribution in [0.4, 0.5) is 5.69 Å². The van der Waals surface area contributed by atoms with E-state index in [1.165, 1.54) is 18.2 Å². The Bertz CT molecular complexity index is 1140. The number of ether oxygens (including phenoxy) is 1. The number of esters is 1. The van der Waals surface area contributed by atoms with Crippen LogP contribution in [-0.4, -0.2) is 29.3 Å². The molecular weight excluding hydrogens is 495 g/mol. The summed E-state index contributed by atoms with van der Waals surface area (Å²) in [4.78, 5) is 40.5. The van der Waals surface area contributed by atoms with Crippen LogP contribution in [0.25, 0.3) is 10.9 Å². The molecule has 0 atom stereocenters. The molecule has 3 aromatic rings. The van der Waals surface area contributed by atoms with Gasteiger partial charge < -0.3 is 10.1 Å². The Hall–Kier alpha value is -2.48. The van der Waals surface area contributed by atoms with E-state index in [0.29, 0.717) is 16.2 Å². The van der Waals surface area contributed by atoms with Crippen LogP contribution in [0.15, 0.2) is 53.1 Å². The summed E-state index contributed by atoms with van der Waals surface area (Å²) in [6.45, 7) is -0.445. The van der Waals surface area contributed by atoms with Crippen molar-refractivity contribution >= 4 is 73.4 Å². The number of hydrogen-bond acceptors (Lipinski definition) is 5. The molecule has 2 aromatic carbocycles. The molecule has 3 rings (SSSR count). The molecule has 0 aliphatic rings. The Kier molecular flexibility index (Phi) is 7.42. The molecule has 0 aliphatic carbocycles. The third kappa shape index (κ3) is 5.56. The van der Waals surface area contributed by atoms with Crippen LogP contribution < -0.4 is 5.32 Å². The van der Waals surface area contributed by atoms with E-state index in [1.807, 2.05) is 12.1 Å². The first-order valence-electron chi connectivity index (χ1n) is 8.82. The normalized spacial score (nSPS) is 10.6. The molecule has 1 amide bonds. The molecule has 1 heterocycles. The standard InChI is InChI=1S/C21H15BrCl2N2O4/c22-14-4-6-17(21-13(14)2-1-9-25-21)26-19(28)7-8-20(29)30-11-18(27)12-3-5-15(23)16(24)10-12/h1-6,9-10H,7-8,11H2,(H,26,28). The third-order valence-electron chi connectivity index (χ3n) is 4.15. The number of ketones is 1. The number of nitrogens with one attached hydrogen (secondary N) is 1. The van der Waals surface area contributed by atoms with E-state index in [-0.39, 0.29) is 29.3 Å². The Labute approximate surface area is 190 Å². The summed E-state index contributed by atoms with van der Waals surface area (Å²) in [6.07, 6.45) is 1.37. The molecule has 0 spiro atoms. The fourth-order valence-corrected chi connectivity index (χ4v) is 3.39. The SMILES string of the molecule is O=C(CCC(=O)OCC(=O)c1ccc(Cl)c(Cl)c1)Nc1ccc(Br)c2cccnc12. The van der Waals surface area contributed by atoms with Gasteiger partial charge in [0, 0.05) is 28.0 Å². The minimum absolute atomic E-state index is 0.0931. The van der Waals surface area contributed by atoms with E-state index in [0.717, 1.165) is 9.86 Å². The largest absolute Gasteiger partial charge is 0.457 e. The number of Topliss-reactive ketones (excluding diaryl/α,β-unsaturated/α-hetero) is 1. The van der Waals surface area contributed by atoms with Crippen LogP contribution in [0.2, 0.25) is 10.0 Å². The third-order valence-corrected chi connectivity index (χ3v) is 5.58. The highest BCUT2D eigenvalue weighted by atomic mass is 79.9. The molecule has 9 heteroatoms. The number of amides is 1. The molecule has 0 aliphatic heterocycles. The molecule has 154 valence electrons. The molecule has 1 N–H and O–H groups in total. The summed E-state index contributed by atoms with van der Waals surface area (Å²) in [5.74, 6) is -1.44. The van der Waals surface area contributed by atoms with Gasteiger partial charge in [0.05, 0.1) is 27.7 Å². The van der Waals surface area contributed by atoms with Crippen LogP contribution in [0.5, 0.6) is 0 Å². The van der Waals surface area contributed by atoms with Crippen molar-refractivity contribution in [1.82, 2.24) is 4.98 Å². The quantitative estimate of drug-likeness (QED) is 0.338. The number of halogens is 3. The van der Waals surface area contributed by atoms with Crippen LogP contribution in [0, 0.1) is 0 Å². The van der Waals surface area contributed by atoms with Gasteiger partial charge in [-0.25, -0.2) is 0 Å². The summed E-state index contributed by atoms with van der Waals surface area (Å²) >= 11 is 15.1. The van der Waals surface area contributed by atoms with E-state index in [4.69, 9.17) is 27.9 Å². The average molecular weight is 510 g/mol. The van der Waals surface area contributed by atoms with Crippen molar-refractivity contribution in [3.63, 3.8) is 0 Å². The fraction of sp³-hybridized carbons (Fsp3) is 0.143. The Balaban J connectivity index is 1.50. The van der Waals surface area contributed by atoms with Crippen molar-refractivity contribution in [2.45, 2.75) is 12.8 Å². The number of carbonyl (C=O) groups excluding carboxylic acids is 3. The van der Waals surface area contributed by atoms with E-state index in [9.17, 15) is 14.4 Å². The predicted molar refractivity (Wildman–Crippen MR) is 119 cm³/mol. The minimum Gasteiger partial charge on any atom is -0.457 e. The Morgan fingerprint density at radius 1 is 1.03 bits per heavy atom. The van der Waals surface area contributed by atoms with Gasteiger partial charge >= 0.3 is 5.97 Å². The van der Waals surface area contributed by atoms with Crippen molar-refractivity contribution in [2.75, 3.05) is 11.9 Å². The van der Waals surface area contributed by atoms with Gasteiger partial charge in [-0.3, -0.25) is 19.4 Å². The van der Waals surface area contributed by atoms with Crippen molar-refractivity contribution in [1.29, 1.82) is 0 Å². The predicted octanol–water partition coefficient (Wildman–Crippen LogP) is 5.45. The first kappa shape index (κ1) is 22.2. The number of nitrogens with zero attached hydrogens (tertiary/aromatic N) is 1. The van der Waals surface area contributed by atoms with Gasteiger partial charge in [-0.05, 0) is 36.4 Å². The Morgan fingerprint density at radius 2 is 1.83 bits per heavy atom. The second kappa shape index (κ2) is 10.0. The zero-order chi connectivity index (χ0) is 21.7. The van der Waals surface area contributed by atoms with Crippen molar-refractivity contribution in [3.05, 3.63) is 68.7 Å². The number of carbonyl (C=O) groups is 3. The number of benzene rings is 2. The second-order valence-corrected chi connectivity index (χ2v) is 7.92. The van der Waals surface area contributed by atoms with Gasteiger partial charge in [-0.2, -0.15) is 0 Å². The summed E-state index contributed by atoms with van der Waals surface area (Å²) in [5.41, 5.74) is 1.46. The highest BCUT2D eigenvalue weighted by molar-refractivity contribution is 9.10. The number of aromatic nitrogens is 1. The summed E-state index contributed by atoms with van der Waals surface area (Å²) in [7, 11) is 0. The lowest BCUT2D eigenvalue weighted by molar-refractivity contribution is -0.143. The number of pyridine rings is 1. The molecule has 0 saturated heterocycles. The van der Waals surface area contributed by atoms with Crippen LogP contribution >= 0.6 is 39.1 Å². The number of rotatable bonds is 7. The van der Waals surface area contributed by atoms with E-state index < -0.39 is 18.4 Å². The molecular formula is C21H15BrCl2N2O4. The molecule has 0 unspecified atom stereocenters. The highest BCUT2D eigenvalue weighted by Gasteiger charge is 2.14. The van der Waals surface area contributed by atoms with Crippen molar-refractivity contribution in [2.24, 2.45) is 0 Å². The molecule has 0 saturated carbocycles. The highest BCUT2D eigenvalue weighted by Crippen LogP contribution is 2.28. The first-order chi connectivity index (χ1) is 14.3. The van der Waals surface area contributed by atoms with Gasteiger partial charge in [0.15, 0.2) is 12.4 Å². The van der Waals surface area contributed by atoms with Crippen LogP contribution in [0.1, 0.15) is 23.2 Å². The topological polar surface area (TPSA) is 85.4 Å². The monoisotopic (exact) mass is 508 g/mol. The molecule has 0 fully saturated rings. The molecule has 0 radical (unpaired) electrons. The summed E-state index contributed by atoms with van der Waals surface area (Å²) < 4.78 is 5.81. The van der Waals surface area contributed by atoms with Gasteiger partial charge in [0.2, 0.25) is 5.91 Å². The molecule has 1 aromatic heterocycles. The zero-order valence-electron chi connectivity index (χ0n) is 15.5.